The van der Waals surface area contributed by atoms with Crippen LogP contribution in [0.5, 0.6) is 11.5 Å². The van der Waals surface area contributed by atoms with Crippen LogP contribution >= 0.6 is 11.8 Å². The predicted molar refractivity (Wildman–Crippen MR) is 152 cm³/mol. The van der Waals surface area contributed by atoms with Crippen molar-refractivity contribution < 1.29 is 14.3 Å². The first-order valence-electron chi connectivity index (χ1n) is 11.9. The van der Waals surface area contributed by atoms with Gasteiger partial charge >= 0.3 is 0 Å². The van der Waals surface area contributed by atoms with Gasteiger partial charge in [-0.05, 0) is 52.6 Å². The molecular formula is C31H26N2O3S. The number of hydrogen-bond donors (Lipinski definition) is 0. The zero-order valence-electron chi connectivity index (χ0n) is 20.5. The number of thioether (sulfide) groups is 1. The van der Waals surface area contributed by atoms with Crippen molar-refractivity contribution in [2.75, 3.05) is 13.7 Å². The first-order valence-corrected chi connectivity index (χ1v) is 12.7. The molecule has 1 saturated heterocycles. The maximum Gasteiger partial charge on any atom is 0.267 e. The summed E-state index contributed by atoms with van der Waals surface area (Å²) in [5.74, 6) is 1.14. The molecule has 0 saturated carbocycles. The second-order valence-corrected chi connectivity index (χ2v) is 9.40. The molecule has 0 unspecified atom stereocenters. The van der Waals surface area contributed by atoms with Gasteiger partial charge in [-0.25, -0.2) is 4.99 Å². The van der Waals surface area contributed by atoms with Crippen LogP contribution in [-0.4, -0.2) is 29.6 Å². The Morgan fingerprint density at radius 2 is 1.73 bits per heavy atom. The van der Waals surface area contributed by atoms with Crippen LogP contribution in [0.1, 0.15) is 11.1 Å². The molecule has 1 heterocycles. The van der Waals surface area contributed by atoms with Crippen LogP contribution in [0.4, 0.5) is 5.69 Å². The summed E-state index contributed by atoms with van der Waals surface area (Å²) < 4.78 is 11.5. The molecule has 0 spiro atoms. The summed E-state index contributed by atoms with van der Waals surface area (Å²) in [4.78, 5) is 20.4. The molecule has 0 aliphatic carbocycles. The number of hydrogen-bond acceptors (Lipinski definition) is 5. The Kier molecular flexibility index (Phi) is 7.38. The van der Waals surface area contributed by atoms with E-state index in [1.54, 1.807) is 18.1 Å². The van der Waals surface area contributed by atoms with E-state index in [0.717, 1.165) is 27.6 Å². The summed E-state index contributed by atoms with van der Waals surface area (Å²) in [6.07, 6.45) is 3.57. The quantitative estimate of drug-likeness (QED) is 0.187. The highest BCUT2D eigenvalue weighted by atomic mass is 32.2. The van der Waals surface area contributed by atoms with Crippen molar-refractivity contribution in [3.8, 4) is 11.5 Å². The van der Waals surface area contributed by atoms with Crippen molar-refractivity contribution in [1.82, 2.24) is 4.90 Å². The SMILES string of the molecule is C=CCN1C(=O)C(=Cc2ccc(OCc3ccccc3)c(OC)c2)SC1=Nc1cccc2ccccc12. The minimum atomic E-state index is -0.104. The Labute approximate surface area is 220 Å². The molecule has 0 bridgehead atoms. The highest BCUT2D eigenvalue weighted by Gasteiger charge is 2.32. The second kappa shape index (κ2) is 11.2. The monoisotopic (exact) mass is 506 g/mol. The third-order valence-corrected chi connectivity index (χ3v) is 6.91. The largest absolute Gasteiger partial charge is 0.493 e. The maximum absolute atomic E-state index is 13.3. The van der Waals surface area contributed by atoms with E-state index in [0.29, 0.717) is 34.7 Å². The molecule has 1 fully saturated rings. The zero-order chi connectivity index (χ0) is 25.6. The number of amides is 1. The van der Waals surface area contributed by atoms with Gasteiger partial charge in [0, 0.05) is 11.9 Å². The van der Waals surface area contributed by atoms with Crippen LogP contribution in [0.15, 0.2) is 114 Å². The number of amidine groups is 1. The lowest BCUT2D eigenvalue weighted by atomic mass is 10.1. The molecule has 5 rings (SSSR count). The topological polar surface area (TPSA) is 51.1 Å². The first-order chi connectivity index (χ1) is 18.2. The van der Waals surface area contributed by atoms with Crippen LogP contribution < -0.4 is 9.47 Å². The van der Waals surface area contributed by atoms with E-state index in [1.807, 2.05) is 84.9 Å². The number of fused-ring (bicyclic) bond motifs is 1. The lowest BCUT2D eigenvalue weighted by molar-refractivity contribution is -0.121. The number of rotatable bonds is 8. The maximum atomic E-state index is 13.3. The number of ether oxygens (including phenoxy) is 2. The Balaban J connectivity index is 1.42. The number of carbonyl (C=O) groups excluding carboxylic acids is 1. The number of methoxy groups -OCH3 is 1. The Bertz CT molecular complexity index is 1510. The van der Waals surface area contributed by atoms with E-state index in [1.165, 1.54) is 11.8 Å². The van der Waals surface area contributed by atoms with Crippen LogP contribution in [0.25, 0.3) is 16.8 Å². The molecule has 0 radical (unpaired) electrons. The van der Waals surface area contributed by atoms with Gasteiger partial charge in [0.15, 0.2) is 16.7 Å². The molecule has 0 aromatic heterocycles. The first kappa shape index (κ1) is 24.4. The molecule has 0 atom stereocenters. The van der Waals surface area contributed by atoms with E-state index >= 15 is 0 Å². The van der Waals surface area contributed by atoms with Crippen LogP contribution in [0, 0.1) is 0 Å². The van der Waals surface area contributed by atoms with E-state index in [4.69, 9.17) is 14.5 Å². The van der Waals surface area contributed by atoms with Gasteiger partial charge < -0.3 is 9.47 Å². The molecule has 184 valence electrons. The minimum Gasteiger partial charge on any atom is -0.493 e. The van der Waals surface area contributed by atoms with E-state index in [9.17, 15) is 4.79 Å². The van der Waals surface area contributed by atoms with Gasteiger partial charge in [0.05, 0.1) is 17.7 Å². The number of aliphatic imine (C=N–C) groups is 1. The molecule has 0 N–H and O–H groups in total. The van der Waals surface area contributed by atoms with Crippen molar-refractivity contribution in [2.24, 2.45) is 4.99 Å². The van der Waals surface area contributed by atoms with Crippen molar-refractivity contribution in [2.45, 2.75) is 6.61 Å². The van der Waals surface area contributed by atoms with E-state index < -0.39 is 0 Å². The summed E-state index contributed by atoms with van der Waals surface area (Å²) in [5.41, 5.74) is 2.74. The Hall–Kier alpha value is -4.29. The fourth-order valence-electron chi connectivity index (χ4n) is 4.07. The fourth-order valence-corrected chi connectivity index (χ4v) is 5.07. The standard InChI is InChI=1S/C31H26N2O3S/c1-3-18-33-30(34)29(37-31(33)32-26-15-9-13-24-12-7-8-14-25(24)26)20-23-16-17-27(28(19-23)35-2)36-21-22-10-5-4-6-11-22/h3-17,19-20H,1,18,21H2,2H3. The Morgan fingerprint density at radius 1 is 0.946 bits per heavy atom. The second-order valence-electron chi connectivity index (χ2n) is 8.39. The minimum absolute atomic E-state index is 0.104. The van der Waals surface area contributed by atoms with Gasteiger partial charge in [-0.2, -0.15) is 0 Å². The van der Waals surface area contributed by atoms with Gasteiger partial charge in [-0.3, -0.25) is 9.69 Å². The molecule has 1 aliphatic rings. The number of carbonyl (C=O) groups is 1. The van der Waals surface area contributed by atoms with Crippen molar-refractivity contribution in [1.29, 1.82) is 0 Å². The summed E-state index contributed by atoms with van der Waals surface area (Å²) in [7, 11) is 1.61. The van der Waals surface area contributed by atoms with Crippen LogP contribution in [-0.2, 0) is 11.4 Å². The van der Waals surface area contributed by atoms with Gasteiger partial charge in [0.2, 0.25) is 0 Å². The lowest BCUT2D eigenvalue weighted by Crippen LogP contribution is -2.29. The summed E-state index contributed by atoms with van der Waals surface area (Å²) in [5, 5.41) is 2.77. The summed E-state index contributed by atoms with van der Waals surface area (Å²) in [6, 6.07) is 29.7. The van der Waals surface area contributed by atoms with Gasteiger partial charge in [-0.1, -0.05) is 78.9 Å². The predicted octanol–water partition coefficient (Wildman–Crippen LogP) is 7.22. The van der Waals surface area contributed by atoms with Gasteiger partial charge in [0.1, 0.15) is 6.61 Å². The molecule has 5 nitrogen and oxygen atoms in total. The van der Waals surface area contributed by atoms with Crippen LogP contribution in [0.2, 0.25) is 0 Å². The number of benzene rings is 4. The van der Waals surface area contributed by atoms with Crippen LogP contribution in [0.3, 0.4) is 0 Å². The van der Waals surface area contributed by atoms with E-state index in [2.05, 4.69) is 18.7 Å². The summed E-state index contributed by atoms with van der Waals surface area (Å²) in [6.45, 7) is 4.64. The average Bonchev–Trinajstić information content (AvgIpc) is 3.22. The van der Waals surface area contributed by atoms with Crippen molar-refractivity contribution in [3.63, 3.8) is 0 Å². The molecule has 1 amide bonds. The summed E-state index contributed by atoms with van der Waals surface area (Å²) >= 11 is 1.36. The normalized spacial score (nSPS) is 15.5. The molecule has 6 heteroatoms. The smallest absolute Gasteiger partial charge is 0.267 e. The fraction of sp³-hybridized carbons (Fsp3) is 0.0968. The molecule has 1 aliphatic heterocycles. The van der Waals surface area contributed by atoms with Crippen molar-refractivity contribution in [3.05, 3.63) is 120 Å². The molecule has 37 heavy (non-hydrogen) atoms. The number of nitrogens with zero attached hydrogens (tertiary/aromatic N) is 2. The molecule has 4 aromatic rings. The highest BCUT2D eigenvalue weighted by Crippen LogP contribution is 2.37. The zero-order valence-corrected chi connectivity index (χ0v) is 21.3. The Morgan fingerprint density at radius 3 is 2.54 bits per heavy atom. The third-order valence-electron chi connectivity index (χ3n) is 5.91. The highest BCUT2D eigenvalue weighted by molar-refractivity contribution is 8.18. The van der Waals surface area contributed by atoms with Gasteiger partial charge in [-0.15, -0.1) is 6.58 Å². The van der Waals surface area contributed by atoms with E-state index in [-0.39, 0.29) is 5.91 Å². The molecular weight excluding hydrogens is 480 g/mol. The van der Waals surface area contributed by atoms with Crippen molar-refractivity contribution >= 4 is 45.4 Å². The average molecular weight is 507 g/mol. The lowest BCUT2D eigenvalue weighted by Gasteiger charge is -2.13. The molecule has 4 aromatic carbocycles. The third kappa shape index (κ3) is 5.44. The van der Waals surface area contributed by atoms with Gasteiger partial charge in [0.25, 0.3) is 5.91 Å².